The number of phenolic OH excluding ortho intramolecular Hbond substituents is 1. The fourth-order valence-electron chi connectivity index (χ4n) is 1.43. The third-order valence-corrected chi connectivity index (χ3v) is 2.81. The van der Waals surface area contributed by atoms with E-state index < -0.39 is 10.8 Å². The Hall–Kier alpha value is -2.68. The molecule has 2 aromatic rings. The van der Waals surface area contributed by atoms with Gasteiger partial charge >= 0.3 is 0 Å². The van der Waals surface area contributed by atoms with Crippen LogP contribution < -0.4 is 5.43 Å². The number of rotatable bonds is 4. The second-order valence-electron chi connectivity index (χ2n) is 3.80. The first-order valence-electron chi connectivity index (χ1n) is 5.53. The zero-order valence-electron chi connectivity index (χ0n) is 10.3. The van der Waals surface area contributed by atoms with Gasteiger partial charge in [0.05, 0.1) is 16.7 Å². The van der Waals surface area contributed by atoms with E-state index in [1.165, 1.54) is 6.21 Å². The first kappa shape index (κ1) is 14.7. The number of furan rings is 1. The van der Waals surface area contributed by atoms with Gasteiger partial charge in [0, 0.05) is 12.1 Å². The summed E-state index contributed by atoms with van der Waals surface area (Å²) in [6.45, 7) is 0. The van der Waals surface area contributed by atoms with Crippen LogP contribution in [0.2, 0.25) is 0 Å². The predicted octanol–water partition coefficient (Wildman–Crippen LogP) is 2.42. The van der Waals surface area contributed by atoms with Crippen LogP contribution >= 0.6 is 15.9 Å². The number of hydrogen-bond donors (Lipinski definition) is 2. The van der Waals surface area contributed by atoms with E-state index in [4.69, 9.17) is 4.42 Å². The third kappa shape index (κ3) is 3.66. The number of non-ortho nitro benzene ring substituents is 1. The molecule has 0 unspecified atom stereocenters. The van der Waals surface area contributed by atoms with Crippen molar-refractivity contribution < 1.29 is 19.2 Å². The number of phenols is 1. The van der Waals surface area contributed by atoms with Gasteiger partial charge in [0.25, 0.3) is 11.6 Å². The van der Waals surface area contributed by atoms with Crippen LogP contribution in [-0.4, -0.2) is 22.2 Å². The summed E-state index contributed by atoms with van der Waals surface area (Å²) in [6, 6.07) is 6.39. The number of nitro groups is 1. The average Bonchev–Trinajstić information content (AvgIpc) is 2.84. The summed E-state index contributed by atoms with van der Waals surface area (Å²) >= 11 is 3.11. The van der Waals surface area contributed by atoms with E-state index in [0.717, 1.165) is 18.2 Å². The summed E-state index contributed by atoms with van der Waals surface area (Å²) in [6.07, 6.45) is 1.25. The fraction of sp³-hybridized carbons (Fsp3) is 0. The highest BCUT2D eigenvalue weighted by atomic mass is 79.9. The molecule has 0 saturated carbocycles. The number of nitro benzene ring substituents is 1. The maximum absolute atomic E-state index is 11.8. The number of aromatic hydroxyl groups is 1. The quantitative estimate of drug-likeness (QED) is 0.497. The summed E-state index contributed by atoms with van der Waals surface area (Å²) in [5.41, 5.74) is 1.58. The van der Waals surface area contributed by atoms with E-state index in [2.05, 4.69) is 26.5 Å². The molecule has 9 heteroatoms. The van der Waals surface area contributed by atoms with Crippen LogP contribution in [0.25, 0.3) is 0 Å². The first-order valence-corrected chi connectivity index (χ1v) is 6.33. The molecule has 0 aliphatic rings. The summed E-state index contributed by atoms with van der Waals surface area (Å²) < 4.78 is 5.63. The standard InChI is InChI=1S/C12H8BrN3O5/c13-11-4-2-8(21-11)6-14-15-12(18)9-5-7(16(19)20)1-3-10(9)17/h1-6,17H,(H,15,18)/b14-6+. The molecule has 0 bridgehead atoms. The first-order chi connectivity index (χ1) is 9.97. The van der Waals surface area contributed by atoms with Gasteiger partial charge in [-0.1, -0.05) is 0 Å². The highest BCUT2D eigenvalue weighted by Crippen LogP contribution is 2.22. The number of hydrogen-bond acceptors (Lipinski definition) is 6. The molecule has 0 aliphatic carbocycles. The lowest BCUT2D eigenvalue weighted by atomic mass is 10.1. The molecule has 1 amide bonds. The van der Waals surface area contributed by atoms with Crippen LogP contribution in [-0.2, 0) is 0 Å². The zero-order valence-corrected chi connectivity index (χ0v) is 11.9. The van der Waals surface area contributed by atoms with Crippen molar-refractivity contribution in [2.24, 2.45) is 5.10 Å². The SMILES string of the molecule is O=C(N/N=C/c1ccc(Br)o1)c1cc([N+](=O)[O-])ccc1O. The lowest BCUT2D eigenvalue weighted by Crippen LogP contribution is -2.17. The second-order valence-corrected chi connectivity index (χ2v) is 4.58. The van der Waals surface area contributed by atoms with Crippen molar-refractivity contribution in [1.82, 2.24) is 5.43 Å². The maximum atomic E-state index is 11.8. The Morgan fingerprint density at radius 2 is 2.19 bits per heavy atom. The van der Waals surface area contributed by atoms with Crippen LogP contribution in [0.5, 0.6) is 5.75 Å². The number of benzene rings is 1. The number of carbonyl (C=O) groups excluding carboxylic acids is 1. The number of halogens is 1. The number of nitrogens with zero attached hydrogens (tertiary/aromatic N) is 2. The van der Waals surface area contributed by atoms with Crippen molar-refractivity contribution in [2.45, 2.75) is 0 Å². The highest BCUT2D eigenvalue weighted by Gasteiger charge is 2.16. The van der Waals surface area contributed by atoms with Crippen molar-refractivity contribution in [3.63, 3.8) is 0 Å². The van der Waals surface area contributed by atoms with Crippen molar-refractivity contribution in [1.29, 1.82) is 0 Å². The third-order valence-electron chi connectivity index (χ3n) is 2.39. The van der Waals surface area contributed by atoms with E-state index in [0.29, 0.717) is 10.4 Å². The van der Waals surface area contributed by atoms with Gasteiger partial charge in [-0.2, -0.15) is 5.10 Å². The predicted molar refractivity (Wildman–Crippen MR) is 76.2 cm³/mol. The van der Waals surface area contributed by atoms with Gasteiger partial charge in [0.2, 0.25) is 0 Å². The van der Waals surface area contributed by atoms with Gasteiger partial charge < -0.3 is 9.52 Å². The summed E-state index contributed by atoms with van der Waals surface area (Å²) in [5, 5.41) is 23.8. The minimum Gasteiger partial charge on any atom is -0.507 e. The number of nitrogens with one attached hydrogen (secondary N) is 1. The van der Waals surface area contributed by atoms with Gasteiger partial charge in [-0.25, -0.2) is 5.43 Å². The molecule has 21 heavy (non-hydrogen) atoms. The second kappa shape index (κ2) is 6.18. The molecule has 0 spiro atoms. The number of hydrazone groups is 1. The largest absolute Gasteiger partial charge is 0.507 e. The molecule has 0 saturated heterocycles. The molecule has 0 atom stereocenters. The molecule has 2 N–H and O–H groups in total. The van der Waals surface area contributed by atoms with Gasteiger partial charge in [-0.3, -0.25) is 14.9 Å². The Morgan fingerprint density at radius 1 is 1.43 bits per heavy atom. The van der Waals surface area contributed by atoms with Crippen molar-refractivity contribution >= 4 is 33.7 Å². The maximum Gasteiger partial charge on any atom is 0.275 e. The lowest BCUT2D eigenvalue weighted by Gasteiger charge is -2.02. The van der Waals surface area contributed by atoms with Gasteiger partial charge in [-0.15, -0.1) is 0 Å². The lowest BCUT2D eigenvalue weighted by molar-refractivity contribution is -0.384. The van der Waals surface area contributed by atoms with E-state index in [9.17, 15) is 20.0 Å². The molecule has 108 valence electrons. The number of carbonyl (C=O) groups is 1. The van der Waals surface area contributed by atoms with Crippen molar-refractivity contribution in [2.75, 3.05) is 0 Å². The normalized spacial score (nSPS) is 10.7. The summed E-state index contributed by atoms with van der Waals surface area (Å²) in [5.74, 6) is -0.766. The molecule has 1 aromatic carbocycles. The van der Waals surface area contributed by atoms with Crippen LogP contribution in [0.15, 0.2) is 44.5 Å². The number of amides is 1. The summed E-state index contributed by atoms with van der Waals surface area (Å²) in [4.78, 5) is 21.8. The minimum absolute atomic E-state index is 0.248. The van der Waals surface area contributed by atoms with E-state index in [1.54, 1.807) is 12.1 Å². The Labute approximate surface area is 126 Å². The van der Waals surface area contributed by atoms with E-state index in [1.807, 2.05) is 0 Å². The average molecular weight is 354 g/mol. The summed E-state index contributed by atoms with van der Waals surface area (Å²) in [7, 11) is 0. The van der Waals surface area contributed by atoms with Crippen molar-refractivity contribution in [3.8, 4) is 5.75 Å². The van der Waals surface area contributed by atoms with Crippen LogP contribution in [0.4, 0.5) is 5.69 Å². The molecule has 0 radical (unpaired) electrons. The molecular formula is C12H8BrN3O5. The molecule has 8 nitrogen and oxygen atoms in total. The van der Waals surface area contributed by atoms with Gasteiger partial charge in [0.15, 0.2) is 4.67 Å². The van der Waals surface area contributed by atoms with Crippen LogP contribution in [0.1, 0.15) is 16.1 Å². The zero-order chi connectivity index (χ0) is 15.4. The molecule has 2 rings (SSSR count). The molecule has 0 aliphatic heterocycles. The topological polar surface area (TPSA) is 118 Å². The van der Waals surface area contributed by atoms with E-state index in [-0.39, 0.29) is 17.0 Å². The Kier molecular flexibility index (Phi) is 4.33. The molecule has 1 heterocycles. The minimum atomic E-state index is -0.780. The Balaban J connectivity index is 2.11. The smallest absolute Gasteiger partial charge is 0.275 e. The molecular weight excluding hydrogens is 346 g/mol. The van der Waals surface area contributed by atoms with Crippen molar-refractivity contribution in [3.05, 3.63) is 56.4 Å². The van der Waals surface area contributed by atoms with Gasteiger partial charge in [0.1, 0.15) is 11.5 Å². The Morgan fingerprint density at radius 3 is 2.81 bits per heavy atom. The van der Waals surface area contributed by atoms with E-state index >= 15 is 0 Å². The van der Waals surface area contributed by atoms with Crippen LogP contribution in [0.3, 0.4) is 0 Å². The fourth-order valence-corrected chi connectivity index (χ4v) is 1.75. The van der Waals surface area contributed by atoms with Crippen LogP contribution in [0, 0.1) is 10.1 Å². The monoisotopic (exact) mass is 353 g/mol. The Bertz CT molecular complexity index is 725. The van der Waals surface area contributed by atoms with Gasteiger partial charge in [-0.05, 0) is 34.1 Å². The molecule has 1 aromatic heterocycles. The molecule has 0 fully saturated rings. The highest BCUT2D eigenvalue weighted by molar-refractivity contribution is 9.10.